The van der Waals surface area contributed by atoms with Crippen LogP contribution in [0.5, 0.6) is 28.7 Å². The van der Waals surface area contributed by atoms with E-state index >= 15 is 0 Å². The fraction of sp³-hybridized carbons (Fsp3) is 0.483. The summed E-state index contributed by atoms with van der Waals surface area (Å²) in [5.74, 6) is 1.27. The lowest BCUT2D eigenvalue weighted by Gasteiger charge is -2.46. The van der Waals surface area contributed by atoms with Gasteiger partial charge in [0.25, 0.3) is 0 Å². The van der Waals surface area contributed by atoms with Crippen LogP contribution in [0, 0.1) is 5.92 Å². The molecule has 1 N–H and O–H groups in total. The van der Waals surface area contributed by atoms with Gasteiger partial charge in [-0.25, -0.2) is 9.69 Å². The molecule has 1 aliphatic heterocycles. The number of ether oxygens (including phenoxy) is 5. The fourth-order valence-electron chi connectivity index (χ4n) is 5.51. The molecule has 216 valence electrons. The summed E-state index contributed by atoms with van der Waals surface area (Å²) >= 11 is 0. The average molecular weight is 556 g/mol. The Bertz CT molecular complexity index is 1220. The molecule has 1 saturated carbocycles. The van der Waals surface area contributed by atoms with Gasteiger partial charge in [0.1, 0.15) is 6.54 Å². The second-order valence-electron chi connectivity index (χ2n) is 9.72. The van der Waals surface area contributed by atoms with Gasteiger partial charge in [-0.1, -0.05) is 18.9 Å². The first-order chi connectivity index (χ1) is 19.4. The highest BCUT2D eigenvalue weighted by Gasteiger charge is 2.48. The third-order valence-corrected chi connectivity index (χ3v) is 7.51. The summed E-state index contributed by atoms with van der Waals surface area (Å²) in [5, 5.41) is 2.91. The number of carbonyl (C=O) groups excluding carboxylic acids is 3. The van der Waals surface area contributed by atoms with Crippen molar-refractivity contribution in [3.05, 3.63) is 35.9 Å². The summed E-state index contributed by atoms with van der Waals surface area (Å²) in [7, 11) is 7.57. The van der Waals surface area contributed by atoms with Gasteiger partial charge in [0.05, 0.1) is 47.2 Å². The number of urea groups is 1. The Morgan fingerprint density at radius 1 is 0.850 bits per heavy atom. The van der Waals surface area contributed by atoms with Gasteiger partial charge in [0.15, 0.2) is 23.0 Å². The summed E-state index contributed by atoms with van der Waals surface area (Å²) in [5.41, 5.74) is 1.27. The minimum Gasteiger partial charge on any atom is -0.493 e. The van der Waals surface area contributed by atoms with E-state index < -0.39 is 11.9 Å². The smallest absolute Gasteiger partial charge is 0.332 e. The fourth-order valence-corrected chi connectivity index (χ4v) is 5.51. The van der Waals surface area contributed by atoms with Crippen molar-refractivity contribution in [1.29, 1.82) is 0 Å². The number of nitrogens with one attached hydrogen (secondary N) is 1. The second-order valence-corrected chi connectivity index (χ2v) is 9.72. The van der Waals surface area contributed by atoms with Crippen LogP contribution in [0.4, 0.5) is 10.5 Å². The van der Waals surface area contributed by atoms with Crippen LogP contribution in [-0.4, -0.2) is 77.4 Å². The molecular weight excluding hydrogens is 518 g/mol. The van der Waals surface area contributed by atoms with Gasteiger partial charge in [0, 0.05) is 24.7 Å². The maximum atomic E-state index is 13.8. The molecule has 4 amide bonds. The third-order valence-electron chi connectivity index (χ3n) is 7.51. The Labute approximate surface area is 234 Å². The first-order valence-corrected chi connectivity index (χ1v) is 13.3. The summed E-state index contributed by atoms with van der Waals surface area (Å²) in [6, 6.07) is 7.87. The quantitative estimate of drug-likeness (QED) is 0.449. The van der Waals surface area contributed by atoms with Crippen molar-refractivity contribution in [3.8, 4) is 28.7 Å². The Morgan fingerprint density at radius 2 is 1.50 bits per heavy atom. The highest BCUT2D eigenvalue weighted by Crippen LogP contribution is 2.43. The molecule has 2 aromatic carbocycles. The Hall–Kier alpha value is -4.15. The molecule has 2 unspecified atom stereocenters. The number of methoxy groups -OCH3 is 5. The molecule has 1 saturated heterocycles. The lowest BCUT2D eigenvalue weighted by atomic mass is 9.81. The number of hydrogen-bond donors (Lipinski definition) is 1. The highest BCUT2D eigenvalue weighted by molar-refractivity contribution is 6.17. The van der Waals surface area contributed by atoms with Crippen LogP contribution in [0.15, 0.2) is 30.3 Å². The van der Waals surface area contributed by atoms with E-state index in [-0.39, 0.29) is 24.4 Å². The van der Waals surface area contributed by atoms with Gasteiger partial charge in [0.2, 0.25) is 17.6 Å². The van der Waals surface area contributed by atoms with E-state index in [0.29, 0.717) is 60.2 Å². The molecule has 2 atom stereocenters. The second kappa shape index (κ2) is 12.8. The molecule has 2 fully saturated rings. The Morgan fingerprint density at radius 3 is 2.12 bits per heavy atom. The van der Waals surface area contributed by atoms with Gasteiger partial charge in [-0.15, -0.1) is 0 Å². The molecule has 0 spiro atoms. The number of hydrogen-bond acceptors (Lipinski definition) is 8. The van der Waals surface area contributed by atoms with E-state index in [2.05, 4.69) is 5.32 Å². The first kappa shape index (κ1) is 28.8. The van der Waals surface area contributed by atoms with Crippen molar-refractivity contribution < 1.29 is 38.1 Å². The van der Waals surface area contributed by atoms with Crippen molar-refractivity contribution >= 4 is 23.5 Å². The van der Waals surface area contributed by atoms with Gasteiger partial charge in [-0.3, -0.25) is 9.59 Å². The molecule has 1 aliphatic carbocycles. The number of carbonyl (C=O) groups is 3. The summed E-state index contributed by atoms with van der Waals surface area (Å²) < 4.78 is 26.9. The maximum absolute atomic E-state index is 13.8. The van der Waals surface area contributed by atoms with E-state index in [0.717, 1.165) is 23.3 Å². The maximum Gasteiger partial charge on any atom is 0.332 e. The molecule has 0 radical (unpaired) electrons. The van der Waals surface area contributed by atoms with Gasteiger partial charge >= 0.3 is 6.03 Å². The topological polar surface area (TPSA) is 116 Å². The zero-order valence-electron chi connectivity index (χ0n) is 23.7. The first-order valence-electron chi connectivity index (χ1n) is 13.3. The lowest BCUT2D eigenvalue weighted by molar-refractivity contribution is -0.129. The van der Waals surface area contributed by atoms with Gasteiger partial charge in [-0.05, 0) is 37.0 Å². The van der Waals surface area contributed by atoms with Crippen LogP contribution in [0.3, 0.4) is 0 Å². The molecule has 11 heteroatoms. The Balaban J connectivity index is 1.52. The zero-order chi connectivity index (χ0) is 28.8. The van der Waals surface area contributed by atoms with Crippen molar-refractivity contribution in [1.82, 2.24) is 10.2 Å². The molecule has 40 heavy (non-hydrogen) atoms. The van der Waals surface area contributed by atoms with Crippen LogP contribution in [-0.2, 0) is 16.0 Å². The van der Waals surface area contributed by atoms with Crippen molar-refractivity contribution in [2.24, 2.45) is 5.92 Å². The Kier molecular flexibility index (Phi) is 9.23. The minimum absolute atomic E-state index is 0.153. The molecule has 1 heterocycles. The standard InChI is InChI=1S/C29H37N3O8/c1-36-22-11-10-18(14-23(22)37-2)12-13-30-26(33)17-31-21-9-7-6-8-20(21)28(34)32(29(31)35)19-15-24(38-3)27(40-5)25(16-19)39-4/h10-11,14-16,20-21H,6-9,12-13,17H2,1-5H3,(H,30,33). The number of nitrogens with zero attached hydrogens (tertiary/aromatic N) is 2. The number of fused-ring (bicyclic) bond motifs is 1. The lowest BCUT2D eigenvalue weighted by Crippen LogP contribution is -2.64. The zero-order valence-corrected chi connectivity index (χ0v) is 23.7. The largest absolute Gasteiger partial charge is 0.493 e. The van der Waals surface area contributed by atoms with Crippen LogP contribution in [0.25, 0.3) is 0 Å². The highest BCUT2D eigenvalue weighted by atomic mass is 16.5. The molecule has 2 aromatic rings. The number of rotatable bonds is 11. The van der Waals surface area contributed by atoms with Crippen molar-refractivity contribution in [3.63, 3.8) is 0 Å². The van der Waals surface area contributed by atoms with Crippen LogP contribution < -0.4 is 33.9 Å². The van der Waals surface area contributed by atoms with Crippen LogP contribution in [0.2, 0.25) is 0 Å². The molecular formula is C29H37N3O8. The molecule has 4 rings (SSSR count). The van der Waals surface area contributed by atoms with Gasteiger partial charge in [-0.2, -0.15) is 0 Å². The minimum atomic E-state index is -0.544. The normalized spacial score (nSPS) is 18.6. The van der Waals surface area contributed by atoms with Crippen molar-refractivity contribution in [2.75, 3.05) is 53.5 Å². The van der Waals surface area contributed by atoms with Crippen LogP contribution >= 0.6 is 0 Å². The molecule has 11 nitrogen and oxygen atoms in total. The summed E-state index contributed by atoms with van der Waals surface area (Å²) in [4.78, 5) is 43.2. The molecule has 0 aromatic heterocycles. The van der Waals surface area contributed by atoms with Gasteiger partial charge < -0.3 is 33.9 Å². The molecule has 0 bridgehead atoms. The number of imide groups is 1. The molecule has 2 aliphatic rings. The summed E-state index contributed by atoms with van der Waals surface area (Å²) in [6.07, 6.45) is 3.67. The summed E-state index contributed by atoms with van der Waals surface area (Å²) in [6.45, 7) is 0.222. The third kappa shape index (κ3) is 5.73. The SMILES string of the molecule is COc1ccc(CCNC(=O)CN2C(=O)N(c3cc(OC)c(OC)c(OC)c3)C(=O)C3CCCCC32)cc1OC. The van der Waals surface area contributed by atoms with E-state index in [4.69, 9.17) is 23.7 Å². The number of benzene rings is 2. The predicted octanol–water partition coefficient (Wildman–Crippen LogP) is 3.42. The van der Waals surface area contributed by atoms with E-state index in [1.807, 2.05) is 18.2 Å². The van der Waals surface area contributed by atoms with Crippen LogP contribution in [0.1, 0.15) is 31.2 Å². The van der Waals surface area contributed by atoms with E-state index in [9.17, 15) is 14.4 Å². The number of amides is 4. The monoisotopic (exact) mass is 555 g/mol. The predicted molar refractivity (Wildman–Crippen MR) is 148 cm³/mol. The van der Waals surface area contributed by atoms with E-state index in [1.165, 1.54) is 26.2 Å². The van der Waals surface area contributed by atoms with E-state index in [1.54, 1.807) is 26.4 Å². The van der Waals surface area contributed by atoms with Crippen molar-refractivity contribution in [2.45, 2.75) is 38.1 Å². The average Bonchev–Trinajstić information content (AvgIpc) is 2.98. The number of anilines is 1.